The maximum Gasteiger partial charge on any atom is 0.266 e. The van der Waals surface area contributed by atoms with Crippen molar-refractivity contribution in [3.05, 3.63) is 72.3 Å². The van der Waals surface area contributed by atoms with Gasteiger partial charge in [0.25, 0.3) is 8.03 Å². The molecule has 0 spiro atoms. The van der Waals surface area contributed by atoms with E-state index >= 15 is 0 Å². The molecule has 1 heterocycles. The summed E-state index contributed by atoms with van der Waals surface area (Å²) in [6, 6.07) is 22.1. The Morgan fingerprint density at radius 1 is 0.818 bits per heavy atom. The normalized spacial score (nSPS) is 15.6. The Kier molecular flexibility index (Phi) is 3.13. The summed E-state index contributed by atoms with van der Waals surface area (Å²) < 4.78 is 18.3. The van der Waals surface area contributed by atoms with Gasteiger partial charge in [-0.1, -0.05) is 48.5 Å². The summed E-state index contributed by atoms with van der Waals surface area (Å²) in [5.41, 5.74) is 5.30. The van der Waals surface area contributed by atoms with E-state index in [1.807, 2.05) is 42.5 Å². The lowest BCUT2D eigenvalue weighted by atomic mass is 9.95. The molecule has 0 aliphatic carbocycles. The van der Waals surface area contributed by atoms with E-state index in [2.05, 4.69) is 31.2 Å². The summed E-state index contributed by atoms with van der Waals surface area (Å²) in [5, 5.41) is 0.810. The molecule has 1 atom stereocenters. The number of rotatable bonds is 1. The molecule has 0 aromatic heterocycles. The zero-order valence-corrected chi connectivity index (χ0v) is 13.2. The van der Waals surface area contributed by atoms with Gasteiger partial charge in [-0.2, -0.15) is 0 Å². The first-order valence-corrected chi connectivity index (χ1v) is 8.57. The van der Waals surface area contributed by atoms with Crippen molar-refractivity contribution in [2.45, 2.75) is 6.92 Å². The summed E-state index contributed by atoms with van der Waals surface area (Å²) in [4.78, 5) is 0. The van der Waals surface area contributed by atoms with Crippen LogP contribution in [0.15, 0.2) is 66.7 Å². The predicted octanol–water partition coefficient (Wildman–Crippen LogP) is 4.82. The Morgan fingerprint density at radius 2 is 1.50 bits per heavy atom. The molecule has 3 aromatic rings. The topological polar surface area (TPSA) is 26.3 Å². The minimum atomic E-state index is -2.25. The highest BCUT2D eigenvalue weighted by Crippen LogP contribution is 2.48. The van der Waals surface area contributed by atoms with Crippen molar-refractivity contribution >= 4 is 13.3 Å². The molecule has 1 aliphatic heterocycles. The standard InChI is InChI=1S/C19H15O2P/c1-13-11-16(14-7-3-2-4-8-14)19-17(12-13)15-9-5-6-10-18(15)22(20)21-19/h2-12,22H,1H3. The van der Waals surface area contributed by atoms with Gasteiger partial charge >= 0.3 is 0 Å². The van der Waals surface area contributed by atoms with Gasteiger partial charge in [-0.15, -0.1) is 0 Å². The maximum absolute atomic E-state index is 12.5. The Labute approximate surface area is 130 Å². The molecule has 0 amide bonds. The van der Waals surface area contributed by atoms with Crippen LogP contribution in [-0.2, 0) is 4.57 Å². The molecule has 0 fully saturated rings. The van der Waals surface area contributed by atoms with Gasteiger partial charge in [-0.05, 0) is 41.8 Å². The van der Waals surface area contributed by atoms with Crippen LogP contribution >= 0.6 is 8.03 Å². The molecule has 1 aliphatic rings. The Balaban J connectivity index is 2.04. The molecule has 0 saturated carbocycles. The lowest BCUT2D eigenvalue weighted by Gasteiger charge is -2.23. The third-order valence-electron chi connectivity index (χ3n) is 3.95. The maximum atomic E-state index is 12.5. The Bertz CT molecular complexity index is 868. The van der Waals surface area contributed by atoms with E-state index in [1.165, 1.54) is 0 Å². The second-order valence-corrected chi connectivity index (χ2v) is 6.81. The van der Waals surface area contributed by atoms with E-state index < -0.39 is 8.03 Å². The van der Waals surface area contributed by atoms with Crippen molar-refractivity contribution in [1.29, 1.82) is 0 Å². The quantitative estimate of drug-likeness (QED) is 0.602. The SMILES string of the molecule is Cc1cc(-c2ccccc2)c2c(c1)-c1ccccc1[PH](=O)O2. The lowest BCUT2D eigenvalue weighted by Crippen LogP contribution is -2.10. The van der Waals surface area contributed by atoms with Crippen LogP contribution in [0, 0.1) is 6.92 Å². The minimum absolute atomic E-state index is 0.736. The molecule has 2 nitrogen and oxygen atoms in total. The predicted molar refractivity (Wildman–Crippen MR) is 91.3 cm³/mol. The monoisotopic (exact) mass is 306 g/mol. The van der Waals surface area contributed by atoms with Crippen LogP contribution < -0.4 is 9.83 Å². The van der Waals surface area contributed by atoms with Crippen molar-refractivity contribution in [2.75, 3.05) is 0 Å². The Hall–Kier alpha value is -2.31. The van der Waals surface area contributed by atoms with E-state index in [-0.39, 0.29) is 0 Å². The Morgan fingerprint density at radius 3 is 2.32 bits per heavy atom. The smallest absolute Gasteiger partial charge is 0.266 e. The molecule has 22 heavy (non-hydrogen) atoms. The fourth-order valence-corrected chi connectivity index (χ4v) is 4.14. The van der Waals surface area contributed by atoms with Crippen molar-refractivity contribution in [2.24, 2.45) is 0 Å². The third-order valence-corrected chi connectivity index (χ3v) is 5.22. The van der Waals surface area contributed by atoms with Crippen molar-refractivity contribution in [3.63, 3.8) is 0 Å². The molecular weight excluding hydrogens is 291 g/mol. The van der Waals surface area contributed by atoms with Gasteiger partial charge in [0, 0.05) is 11.1 Å². The van der Waals surface area contributed by atoms with Gasteiger partial charge < -0.3 is 4.52 Å². The first kappa shape index (κ1) is 13.4. The highest BCUT2D eigenvalue weighted by atomic mass is 31.1. The van der Waals surface area contributed by atoms with Crippen molar-refractivity contribution in [1.82, 2.24) is 0 Å². The molecule has 1 unspecified atom stereocenters. The zero-order chi connectivity index (χ0) is 15.1. The molecule has 0 bridgehead atoms. The van der Waals surface area contributed by atoms with Crippen LogP contribution in [0.1, 0.15) is 5.56 Å². The third kappa shape index (κ3) is 2.08. The molecular formula is C19H15O2P. The molecule has 0 radical (unpaired) electrons. The number of benzene rings is 3. The van der Waals surface area contributed by atoms with Gasteiger partial charge in [0.1, 0.15) is 5.75 Å². The second kappa shape index (κ2) is 5.15. The van der Waals surface area contributed by atoms with E-state index in [0.717, 1.165) is 38.9 Å². The van der Waals surface area contributed by atoms with Crippen LogP contribution in [0.2, 0.25) is 0 Å². The summed E-state index contributed by atoms with van der Waals surface area (Å²) in [6.07, 6.45) is 0. The van der Waals surface area contributed by atoms with Crippen LogP contribution in [0.25, 0.3) is 22.3 Å². The van der Waals surface area contributed by atoms with Crippen LogP contribution in [0.5, 0.6) is 5.75 Å². The highest BCUT2D eigenvalue weighted by Gasteiger charge is 2.25. The summed E-state index contributed by atoms with van der Waals surface area (Å²) in [6.45, 7) is 2.08. The lowest BCUT2D eigenvalue weighted by molar-refractivity contribution is 0.514. The fraction of sp³-hybridized carbons (Fsp3) is 0.0526. The van der Waals surface area contributed by atoms with Crippen molar-refractivity contribution < 1.29 is 9.09 Å². The van der Waals surface area contributed by atoms with Crippen LogP contribution in [0.3, 0.4) is 0 Å². The summed E-state index contributed by atoms with van der Waals surface area (Å²) >= 11 is 0. The number of aryl methyl sites for hydroxylation is 1. The zero-order valence-electron chi connectivity index (χ0n) is 12.2. The molecule has 3 aromatic carbocycles. The molecule has 0 N–H and O–H groups in total. The van der Waals surface area contributed by atoms with E-state index in [0.29, 0.717) is 0 Å². The number of hydrogen-bond acceptors (Lipinski definition) is 2. The minimum Gasteiger partial charge on any atom is -0.440 e. The second-order valence-electron chi connectivity index (χ2n) is 5.49. The highest BCUT2D eigenvalue weighted by molar-refractivity contribution is 7.49. The molecule has 3 heteroatoms. The number of hydrogen-bond donors (Lipinski definition) is 0. The fourth-order valence-electron chi connectivity index (χ4n) is 2.96. The summed E-state index contributed by atoms with van der Waals surface area (Å²) in [7, 11) is -2.25. The molecule has 4 rings (SSSR count). The average Bonchev–Trinajstić information content (AvgIpc) is 2.56. The van der Waals surface area contributed by atoms with E-state index in [4.69, 9.17) is 4.52 Å². The summed E-state index contributed by atoms with van der Waals surface area (Å²) in [5.74, 6) is 0.736. The van der Waals surface area contributed by atoms with Gasteiger partial charge in [0.2, 0.25) is 0 Å². The number of fused-ring (bicyclic) bond motifs is 3. The van der Waals surface area contributed by atoms with Gasteiger partial charge in [-0.25, -0.2) is 0 Å². The van der Waals surface area contributed by atoms with Gasteiger partial charge in [0.05, 0.1) is 5.30 Å². The average molecular weight is 306 g/mol. The van der Waals surface area contributed by atoms with E-state index in [1.54, 1.807) is 0 Å². The molecule has 108 valence electrons. The largest absolute Gasteiger partial charge is 0.440 e. The van der Waals surface area contributed by atoms with Crippen LogP contribution in [-0.4, -0.2) is 0 Å². The van der Waals surface area contributed by atoms with Gasteiger partial charge in [0.15, 0.2) is 0 Å². The van der Waals surface area contributed by atoms with E-state index in [9.17, 15) is 4.57 Å². The van der Waals surface area contributed by atoms with Gasteiger partial charge in [-0.3, -0.25) is 4.57 Å². The van der Waals surface area contributed by atoms with Crippen LogP contribution in [0.4, 0.5) is 0 Å². The first-order chi connectivity index (χ1) is 10.7. The first-order valence-electron chi connectivity index (χ1n) is 7.26. The molecule has 0 saturated heterocycles. The van der Waals surface area contributed by atoms with Crippen molar-refractivity contribution in [3.8, 4) is 28.0 Å².